The molecule has 0 radical (unpaired) electrons. The number of nitrogens with one attached hydrogen (secondary N) is 1. The van der Waals surface area contributed by atoms with Gasteiger partial charge in [0.25, 0.3) is 0 Å². The number of phenolic OH excluding ortho intramolecular Hbond substituents is 1. The van der Waals surface area contributed by atoms with Gasteiger partial charge >= 0.3 is 0 Å². The molecular formula is C13H13FN2O4. The first kappa shape index (κ1) is 14.1. The summed E-state index contributed by atoms with van der Waals surface area (Å²) in [5, 5.41) is 12.1. The minimum absolute atomic E-state index is 0.00301. The van der Waals surface area contributed by atoms with Gasteiger partial charge in [0.1, 0.15) is 11.6 Å². The Kier molecular flexibility index (Phi) is 3.80. The number of phenols is 1. The topological polar surface area (TPSA) is 86.7 Å². The fourth-order valence-electron chi connectivity index (χ4n) is 2.09. The molecule has 1 heterocycles. The van der Waals surface area contributed by atoms with Crippen molar-refractivity contribution < 1.29 is 23.9 Å². The highest BCUT2D eigenvalue weighted by molar-refractivity contribution is 5.99. The number of amides is 2. The van der Waals surface area contributed by atoms with Crippen molar-refractivity contribution in [2.24, 2.45) is 0 Å². The van der Waals surface area contributed by atoms with E-state index in [4.69, 9.17) is 0 Å². The van der Waals surface area contributed by atoms with Gasteiger partial charge in [-0.25, -0.2) is 4.39 Å². The molecular weight excluding hydrogens is 267 g/mol. The first-order valence-corrected chi connectivity index (χ1v) is 5.94. The van der Waals surface area contributed by atoms with Crippen molar-refractivity contribution in [2.45, 2.75) is 13.5 Å². The summed E-state index contributed by atoms with van der Waals surface area (Å²) in [4.78, 5) is 35.2. The Hall–Kier alpha value is -2.28. The first-order valence-electron chi connectivity index (χ1n) is 5.94. The lowest BCUT2D eigenvalue weighted by Crippen LogP contribution is -2.50. The van der Waals surface area contributed by atoms with Gasteiger partial charge in [-0.15, -0.1) is 0 Å². The highest BCUT2D eigenvalue weighted by Crippen LogP contribution is 2.26. The second-order valence-electron chi connectivity index (χ2n) is 4.63. The molecule has 0 aromatic heterocycles. The van der Waals surface area contributed by atoms with Crippen LogP contribution in [0.4, 0.5) is 4.39 Å². The third-order valence-electron chi connectivity index (χ3n) is 2.94. The van der Waals surface area contributed by atoms with E-state index < -0.39 is 23.4 Å². The maximum Gasteiger partial charge on any atom is 0.240 e. The van der Waals surface area contributed by atoms with E-state index in [0.29, 0.717) is 0 Å². The van der Waals surface area contributed by atoms with Crippen molar-refractivity contribution in [2.75, 3.05) is 13.1 Å². The van der Waals surface area contributed by atoms with E-state index in [9.17, 15) is 23.9 Å². The average Bonchev–Trinajstić information content (AvgIpc) is 2.31. The van der Waals surface area contributed by atoms with Gasteiger partial charge in [-0.05, 0) is 19.1 Å². The second kappa shape index (κ2) is 5.38. The molecule has 7 heteroatoms. The molecule has 2 rings (SSSR count). The van der Waals surface area contributed by atoms with E-state index in [2.05, 4.69) is 5.32 Å². The Morgan fingerprint density at radius 3 is 2.50 bits per heavy atom. The number of halogens is 1. The number of nitrogens with zero attached hydrogens (tertiary/aromatic N) is 1. The quantitative estimate of drug-likeness (QED) is 0.610. The lowest BCUT2D eigenvalue weighted by molar-refractivity contribution is -0.136. The summed E-state index contributed by atoms with van der Waals surface area (Å²) < 4.78 is 13.4. The number of carbonyl (C=O) groups is 3. The van der Waals surface area contributed by atoms with Crippen LogP contribution in [0.15, 0.2) is 12.1 Å². The van der Waals surface area contributed by atoms with Crippen molar-refractivity contribution in [3.05, 3.63) is 29.1 Å². The Morgan fingerprint density at radius 1 is 1.35 bits per heavy atom. The summed E-state index contributed by atoms with van der Waals surface area (Å²) >= 11 is 0. The summed E-state index contributed by atoms with van der Waals surface area (Å²) in [7, 11) is 0. The number of benzene rings is 1. The Labute approximate surface area is 114 Å². The molecule has 0 bridgehead atoms. The maximum atomic E-state index is 13.4. The highest BCUT2D eigenvalue weighted by atomic mass is 19.1. The van der Waals surface area contributed by atoms with Crippen molar-refractivity contribution in [1.82, 2.24) is 10.2 Å². The first-order chi connectivity index (χ1) is 9.36. The largest absolute Gasteiger partial charge is 0.507 e. The van der Waals surface area contributed by atoms with Crippen LogP contribution in [0.2, 0.25) is 0 Å². The number of hydrogen-bond donors (Lipinski definition) is 2. The number of piperazine rings is 1. The van der Waals surface area contributed by atoms with Gasteiger partial charge in [0.05, 0.1) is 18.7 Å². The molecule has 20 heavy (non-hydrogen) atoms. The fourth-order valence-corrected chi connectivity index (χ4v) is 2.09. The van der Waals surface area contributed by atoms with Gasteiger partial charge in [-0.2, -0.15) is 0 Å². The van der Waals surface area contributed by atoms with Gasteiger partial charge < -0.3 is 5.11 Å². The van der Waals surface area contributed by atoms with E-state index >= 15 is 0 Å². The fraction of sp³-hybridized carbons (Fsp3) is 0.308. The molecule has 1 fully saturated rings. The monoisotopic (exact) mass is 280 g/mol. The molecule has 6 nitrogen and oxygen atoms in total. The number of Topliss-reactive ketones (excluding diaryl/α,β-unsaturated/α-hetero) is 1. The molecule has 1 aromatic carbocycles. The summed E-state index contributed by atoms with van der Waals surface area (Å²) in [5.74, 6) is -2.35. The van der Waals surface area contributed by atoms with Gasteiger partial charge in [0.15, 0.2) is 5.78 Å². The molecule has 2 amide bonds. The van der Waals surface area contributed by atoms with E-state index in [1.807, 2.05) is 0 Å². The van der Waals surface area contributed by atoms with Gasteiger partial charge in [0, 0.05) is 12.1 Å². The Morgan fingerprint density at radius 2 is 1.95 bits per heavy atom. The molecule has 1 saturated heterocycles. The van der Waals surface area contributed by atoms with Crippen LogP contribution in [0, 0.1) is 5.82 Å². The number of imide groups is 1. The van der Waals surface area contributed by atoms with Crippen LogP contribution in [0.3, 0.4) is 0 Å². The summed E-state index contributed by atoms with van der Waals surface area (Å²) in [5.41, 5.74) is 0.0467. The van der Waals surface area contributed by atoms with E-state index in [1.165, 1.54) is 11.8 Å². The maximum absolute atomic E-state index is 13.4. The van der Waals surface area contributed by atoms with Crippen LogP contribution in [0.1, 0.15) is 22.8 Å². The number of aromatic hydroxyl groups is 1. The molecule has 106 valence electrons. The van der Waals surface area contributed by atoms with Crippen molar-refractivity contribution >= 4 is 17.6 Å². The van der Waals surface area contributed by atoms with Crippen LogP contribution in [0.25, 0.3) is 0 Å². The van der Waals surface area contributed by atoms with Crippen LogP contribution in [-0.2, 0) is 16.1 Å². The summed E-state index contributed by atoms with van der Waals surface area (Å²) in [6, 6.07) is 2.04. The number of rotatable bonds is 3. The molecule has 0 atom stereocenters. The van der Waals surface area contributed by atoms with Crippen molar-refractivity contribution in [1.29, 1.82) is 0 Å². The number of carbonyl (C=O) groups excluding carboxylic acids is 3. The smallest absolute Gasteiger partial charge is 0.240 e. The predicted molar refractivity (Wildman–Crippen MR) is 66.5 cm³/mol. The third kappa shape index (κ3) is 3.00. The molecule has 0 unspecified atom stereocenters. The minimum Gasteiger partial charge on any atom is -0.507 e. The normalized spacial score (nSPS) is 16.1. The standard InChI is InChI=1S/C13H13FN2O4/c1-7(17)10-3-9(14)2-8(13(10)20)4-16-5-11(18)15-12(19)6-16/h2-3,20H,4-6H2,1H3,(H,15,18,19). The van der Waals surface area contributed by atoms with Crippen molar-refractivity contribution in [3.8, 4) is 5.75 Å². The van der Waals surface area contributed by atoms with E-state index in [0.717, 1.165) is 12.1 Å². The molecule has 0 aliphatic carbocycles. The SMILES string of the molecule is CC(=O)c1cc(F)cc(CN2CC(=O)NC(=O)C2)c1O. The van der Waals surface area contributed by atoms with Crippen molar-refractivity contribution in [3.63, 3.8) is 0 Å². The van der Waals surface area contributed by atoms with Gasteiger partial charge in [-0.3, -0.25) is 24.6 Å². The Bertz CT molecular complexity index is 584. The molecule has 0 spiro atoms. The third-order valence-corrected chi connectivity index (χ3v) is 2.94. The summed E-state index contributed by atoms with van der Waals surface area (Å²) in [6.07, 6.45) is 0. The molecule has 1 aliphatic heterocycles. The summed E-state index contributed by atoms with van der Waals surface area (Å²) in [6.45, 7) is 1.16. The minimum atomic E-state index is -0.657. The van der Waals surface area contributed by atoms with Crippen LogP contribution in [-0.4, -0.2) is 40.7 Å². The molecule has 1 aliphatic rings. The molecule has 1 aromatic rings. The Balaban J connectivity index is 2.27. The van der Waals surface area contributed by atoms with Crippen LogP contribution < -0.4 is 5.32 Å². The molecule has 0 saturated carbocycles. The zero-order valence-corrected chi connectivity index (χ0v) is 10.8. The average molecular weight is 280 g/mol. The van der Waals surface area contributed by atoms with Crippen LogP contribution >= 0.6 is 0 Å². The number of ketones is 1. The lowest BCUT2D eigenvalue weighted by atomic mass is 10.0. The highest BCUT2D eigenvalue weighted by Gasteiger charge is 2.24. The lowest BCUT2D eigenvalue weighted by Gasteiger charge is -2.25. The van der Waals surface area contributed by atoms with Crippen LogP contribution in [0.5, 0.6) is 5.75 Å². The predicted octanol–water partition coefficient (Wildman–Crippen LogP) is 0.192. The van der Waals surface area contributed by atoms with Gasteiger partial charge in [0.2, 0.25) is 11.8 Å². The van der Waals surface area contributed by atoms with E-state index in [1.54, 1.807) is 0 Å². The zero-order chi connectivity index (χ0) is 14.9. The second-order valence-corrected chi connectivity index (χ2v) is 4.63. The number of hydrogen-bond acceptors (Lipinski definition) is 5. The molecule has 2 N–H and O–H groups in total. The van der Waals surface area contributed by atoms with Gasteiger partial charge in [-0.1, -0.05) is 0 Å². The zero-order valence-electron chi connectivity index (χ0n) is 10.8. The van der Waals surface area contributed by atoms with E-state index in [-0.39, 0.29) is 36.5 Å².